The van der Waals surface area contributed by atoms with Crippen LogP contribution in [-0.2, 0) is 9.53 Å². The zero-order valence-corrected chi connectivity index (χ0v) is 17.7. The molecule has 2 aliphatic carbocycles. The van der Waals surface area contributed by atoms with Crippen molar-refractivity contribution in [2.75, 3.05) is 26.7 Å². The Morgan fingerprint density at radius 1 is 1.29 bits per heavy atom. The second-order valence-electron chi connectivity index (χ2n) is 6.91. The van der Waals surface area contributed by atoms with Crippen molar-refractivity contribution >= 4 is 35.8 Å². The average molecular weight is 452 g/mol. The molecule has 0 heterocycles. The predicted molar refractivity (Wildman–Crippen MR) is 108 cm³/mol. The topological polar surface area (TPSA) is 74.8 Å². The lowest BCUT2D eigenvalue weighted by molar-refractivity contribution is -0.168. The maximum Gasteiger partial charge on any atom is 0.222 e. The van der Waals surface area contributed by atoms with E-state index in [0.717, 1.165) is 19.0 Å². The number of carbonyl (C=O) groups is 1. The van der Waals surface area contributed by atoms with Gasteiger partial charge in [-0.15, -0.1) is 24.0 Å². The average Bonchev–Trinajstić information content (AvgIpc) is 2.46. The first kappa shape index (κ1) is 21.5. The molecule has 0 aromatic carbocycles. The molecule has 0 saturated heterocycles. The molecule has 0 aromatic rings. The number of halogens is 1. The zero-order chi connectivity index (χ0) is 16.9. The fraction of sp³-hybridized carbons (Fsp3) is 0.882. The van der Waals surface area contributed by atoms with Gasteiger partial charge in [-0.1, -0.05) is 20.3 Å². The lowest BCUT2D eigenvalue weighted by Crippen LogP contribution is -2.68. The van der Waals surface area contributed by atoms with Crippen molar-refractivity contribution in [1.82, 2.24) is 16.0 Å². The number of guanidine groups is 1. The van der Waals surface area contributed by atoms with Crippen LogP contribution in [0.5, 0.6) is 0 Å². The molecule has 2 fully saturated rings. The highest BCUT2D eigenvalue weighted by Crippen LogP contribution is 2.57. The number of nitrogens with one attached hydrogen (secondary N) is 3. The molecular formula is C17H33IN4O2. The molecule has 0 radical (unpaired) electrons. The lowest BCUT2D eigenvalue weighted by atomic mass is 9.51. The van der Waals surface area contributed by atoms with Crippen LogP contribution in [0.15, 0.2) is 4.99 Å². The summed E-state index contributed by atoms with van der Waals surface area (Å²) < 4.78 is 5.88. The van der Waals surface area contributed by atoms with Crippen molar-refractivity contribution in [2.24, 2.45) is 16.3 Å². The van der Waals surface area contributed by atoms with Gasteiger partial charge in [-0.2, -0.15) is 0 Å². The number of nitrogens with zero attached hydrogens (tertiary/aromatic N) is 1. The largest absolute Gasteiger partial charge is 0.378 e. The molecule has 7 heteroatoms. The molecule has 2 rings (SSSR count). The van der Waals surface area contributed by atoms with Crippen molar-refractivity contribution in [2.45, 2.75) is 58.6 Å². The van der Waals surface area contributed by atoms with Crippen molar-refractivity contribution in [1.29, 1.82) is 0 Å². The molecular weight excluding hydrogens is 419 g/mol. The highest BCUT2D eigenvalue weighted by molar-refractivity contribution is 14.0. The van der Waals surface area contributed by atoms with E-state index in [1.54, 1.807) is 7.05 Å². The van der Waals surface area contributed by atoms with Gasteiger partial charge in [-0.3, -0.25) is 9.79 Å². The van der Waals surface area contributed by atoms with Crippen LogP contribution in [0.3, 0.4) is 0 Å². The Morgan fingerprint density at radius 2 is 1.96 bits per heavy atom. The molecule has 1 amide bonds. The molecule has 3 N–H and O–H groups in total. The smallest absolute Gasteiger partial charge is 0.222 e. The van der Waals surface area contributed by atoms with Crippen molar-refractivity contribution in [3.63, 3.8) is 0 Å². The number of hydrogen-bond donors (Lipinski definition) is 3. The Labute approximate surface area is 163 Å². The van der Waals surface area contributed by atoms with E-state index in [0.29, 0.717) is 30.7 Å². The van der Waals surface area contributed by atoms with E-state index in [1.807, 2.05) is 13.8 Å². The minimum Gasteiger partial charge on any atom is -0.378 e. The summed E-state index contributed by atoms with van der Waals surface area (Å²) in [6.07, 6.45) is 5.25. The molecule has 2 saturated carbocycles. The first-order valence-electron chi connectivity index (χ1n) is 8.90. The number of aliphatic imine (C=N–C) groups is 1. The van der Waals surface area contributed by atoms with Gasteiger partial charge in [0.15, 0.2) is 5.96 Å². The second kappa shape index (κ2) is 9.79. The lowest BCUT2D eigenvalue weighted by Gasteiger charge is -2.61. The molecule has 0 aromatic heterocycles. The van der Waals surface area contributed by atoms with Crippen LogP contribution in [0.4, 0.5) is 0 Å². The summed E-state index contributed by atoms with van der Waals surface area (Å²) in [5, 5.41) is 9.72. The van der Waals surface area contributed by atoms with E-state index < -0.39 is 0 Å². The summed E-state index contributed by atoms with van der Waals surface area (Å²) in [7, 11) is 1.79. The summed E-state index contributed by atoms with van der Waals surface area (Å²) >= 11 is 0. The van der Waals surface area contributed by atoms with Gasteiger partial charge in [-0.25, -0.2) is 0 Å². The van der Waals surface area contributed by atoms with E-state index in [2.05, 4.69) is 27.9 Å². The van der Waals surface area contributed by atoms with Gasteiger partial charge in [0.25, 0.3) is 0 Å². The summed E-state index contributed by atoms with van der Waals surface area (Å²) in [5.41, 5.74) is 0.319. The highest BCUT2D eigenvalue weighted by atomic mass is 127. The summed E-state index contributed by atoms with van der Waals surface area (Å²) in [4.78, 5) is 15.8. The van der Waals surface area contributed by atoms with Crippen LogP contribution in [-0.4, -0.2) is 50.8 Å². The molecule has 2 atom stereocenters. The maximum absolute atomic E-state index is 11.5. The Morgan fingerprint density at radius 3 is 2.46 bits per heavy atom. The van der Waals surface area contributed by atoms with Crippen LogP contribution < -0.4 is 16.0 Å². The first-order chi connectivity index (χ1) is 11.0. The van der Waals surface area contributed by atoms with E-state index >= 15 is 0 Å². The molecule has 1 spiro atoms. The normalized spacial score (nSPS) is 24.6. The molecule has 6 nitrogen and oxygen atoms in total. The molecule has 2 aliphatic rings. The number of hydrogen-bond acceptors (Lipinski definition) is 3. The van der Waals surface area contributed by atoms with Crippen LogP contribution in [0.25, 0.3) is 0 Å². The Kier molecular flexibility index (Phi) is 8.76. The van der Waals surface area contributed by atoms with E-state index in [1.165, 1.54) is 19.3 Å². The van der Waals surface area contributed by atoms with Crippen LogP contribution >= 0.6 is 24.0 Å². The first-order valence-corrected chi connectivity index (χ1v) is 8.90. The third-order valence-electron chi connectivity index (χ3n) is 5.21. The fourth-order valence-corrected chi connectivity index (χ4v) is 3.57. The number of rotatable bonds is 7. The van der Waals surface area contributed by atoms with E-state index in [-0.39, 0.29) is 35.8 Å². The van der Waals surface area contributed by atoms with Crippen molar-refractivity contribution in [3.8, 4) is 0 Å². The molecule has 24 heavy (non-hydrogen) atoms. The summed E-state index contributed by atoms with van der Waals surface area (Å²) in [6, 6.07) is 0.448. The van der Waals surface area contributed by atoms with Gasteiger partial charge in [-0.05, 0) is 26.2 Å². The molecule has 2 unspecified atom stereocenters. The van der Waals surface area contributed by atoms with Crippen LogP contribution in [0, 0.1) is 11.3 Å². The summed E-state index contributed by atoms with van der Waals surface area (Å²) in [6.45, 7) is 7.93. The third kappa shape index (κ3) is 4.74. The van der Waals surface area contributed by atoms with Crippen LogP contribution in [0.2, 0.25) is 0 Å². The SMILES string of the molecule is CCOC1CC(NC(=NC)NCCNC(=O)C(C)C)C12CCC2.I. The highest BCUT2D eigenvalue weighted by Gasteiger charge is 2.59. The number of amides is 1. The fourth-order valence-electron chi connectivity index (χ4n) is 3.57. The number of ether oxygens (including phenoxy) is 1. The zero-order valence-electron chi connectivity index (χ0n) is 15.4. The monoisotopic (exact) mass is 452 g/mol. The standard InChI is InChI=1S/C17H32N4O2.HI/c1-5-23-14-11-13(17(14)7-6-8-17)21-16(18-4)20-10-9-19-15(22)12(2)3;/h12-14H,5-11H2,1-4H3,(H,19,22)(H2,18,20,21);1H. The van der Waals surface area contributed by atoms with Crippen molar-refractivity contribution < 1.29 is 9.53 Å². The second-order valence-corrected chi connectivity index (χ2v) is 6.91. The van der Waals surface area contributed by atoms with Gasteiger partial charge in [0.05, 0.1) is 6.10 Å². The maximum atomic E-state index is 11.5. The third-order valence-corrected chi connectivity index (χ3v) is 5.21. The minimum atomic E-state index is 0. The van der Waals surface area contributed by atoms with Crippen LogP contribution in [0.1, 0.15) is 46.5 Å². The Balaban J connectivity index is 0.00000288. The van der Waals surface area contributed by atoms with Gasteiger partial charge in [0.1, 0.15) is 0 Å². The molecule has 0 aliphatic heterocycles. The van der Waals surface area contributed by atoms with Gasteiger partial charge < -0.3 is 20.7 Å². The van der Waals surface area contributed by atoms with Gasteiger partial charge in [0, 0.05) is 44.1 Å². The Hall–Kier alpha value is -0.570. The summed E-state index contributed by atoms with van der Waals surface area (Å²) in [5.74, 6) is 0.924. The Bertz CT molecular complexity index is 438. The van der Waals surface area contributed by atoms with Crippen molar-refractivity contribution in [3.05, 3.63) is 0 Å². The predicted octanol–water partition coefficient (Wildman–Crippen LogP) is 1.89. The van der Waals surface area contributed by atoms with E-state index in [9.17, 15) is 4.79 Å². The number of carbonyl (C=O) groups excluding carboxylic acids is 1. The van der Waals surface area contributed by atoms with E-state index in [4.69, 9.17) is 4.74 Å². The molecule has 140 valence electrons. The quantitative estimate of drug-likeness (QED) is 0.239. The molecule has 0 bridgehead atoms. The van der Waals surface area contributed by atoms with Gasteiger partial charge in [0.2, 0.25) is 5.91 Å². The van der Waals surface area contributed by atoms with Gasteiger partial charge >= 0.3 is 0 Å². The minimum absolute atomic E-state index is 0.